The van der Waals surface area contributed by atoms with Crippen LogP contribution in [0.2, 0.25) is 0 Å². The zero-order valence-electron chi connectivity index (χ0n) is 10.0. The van der Waals surface area contributed by atoms with Crippen LogP contribution in [0.15, 0.2) is 40.9 Å². The number of hydrogen-bond acceptors (Lipinski definition) is 4. The van der Waals surface area contributed by atoms with Gasteiger partial charge in [-0.05, 0) is 42.3 Å². The van der Waals surface area contributed by atoms with Gasteiger partial charge in [-0.2, -0.15) is 0 Å². The van der Waals surface area contributed by atoms with Crippen molar-refractivity contribution in [1.82, 2.24) is 0 Å². The van der Waals surface area contributed by atoms with E-state index in [0.29, 0.717) is 6.73 Å². The molecule has 0 saturated heterocycles. The molecule has 1 rings (SSSR count). The highest BCUT2D eigenvalue weighted by Crippen LogP contribution is 2.10. The normalized spacial score (nSPS) is 12.9. The van der Waals surface area contributed by atoms with Gasteiger partial charge in [0, 0.05) is 11.5 Å². The number of aliphatic imine (C=N–C) groups is 1. The maximum absolute atomic E-state index is 5.38. The summed E-state index contributed by atoms with van der Waals surface area (Å²) < 4.78 is 5.30. The van der Waals surface area contributed by atoms with Crippen molar-refractivity contribution in [2.75, 3.05) is 13.3 Å². The Labute approximate surface area is 106 Å². The van der Waals surface area contributed by atoms with Crippen LogP contribution in [0.4, 0.5) is 0 Å². The molecule has 0 fully saturated rings. The topological polar surface area (TPSA) is 47.6 Å². The summed E-state index contributed by atoms with van der Waals surface area (Å²) in [6, 6.07) is 4.07. The molecule has 17 heavy (non-hydrogen) atoms. The predicted molar refractivity (Wildman–Crippen MR) is 75.2 cm³/mol. The van der Waals surface area contributed by atoms with Crippen molar-refractivity contribution < 1.29 is 4.74 Å². The zero-order chi connectivity index (χ0) is 12.3. The Kier molecular flexibility index (Phi) is 7.02. The highest BCUT2D eigenvalue weighted by Gasteiger charge is 1.90. The van der Waals surface area contributed by atoms with Crippen molar-refractivity contribution >= 4 is 23.1 Å². The van der Waals surface area contributed by atoms with Crippen LogP contribution in [0, 0.1) is 0 Å². The number of allylic oxidation sites excluding steroid dienone is 2. The minimum Gasteiger partial charge on any atom is -0.405 e. The van der Waals surface area contributed by atoms with E-state index in [1.165, 1.54) is 11.1 Å². The highest BCUT2D eigenvalue weighted by molar-refractivity contribution is 7.10. The summed E-state index contributed by atoms with van der Waals surface area (Å²) in [4.78, 5) is 5.49. The van der Waals surface area contributed by atoms with Gasteiger partial charge < -0.3 is 10.5 Å². The van der Waals surface area contributed by atoms with Gasteiger partial charge >= 0.3 is 0 Å². The number of hydrogen-bond donors (Lipinski definition) is 1. The molecular formula is C13H18N2OS. The molecule has 0 spiro atoms. The second-order valence-corrected chi connectivity index (χ2v) is 4.31. The van der Waals surface area contributed by atoms with E-state index < -0.39 is 0 Å². The molecule has 0 atom stereocenters. The van der Waals surface area contributed by atoms with Gasteiger partial charge in [-0.3, -0.25) is 4.99 Å². The summed E-state index contributed by atoms with van der Waals surface area (Å²) in [5.41, 5.74) is 6.19. The molecule has 1 aromatic rings. The minimum absolute atomic E-state index is 0.377. The summed E-state index contributed by atoms with van der Waals surface area (Å²) >= 11 is 1.69. The van der Waals surface area contributed by atoms with E-state index in [1.807, 2.05) is 23.6 Å². The lowest BCUT2D eigenvalue weighted by Gasteiger charge is -1.98. The first-order valence-corrected chi connectivity index (χ1v) is 6.47. The molecule has 3 nitrogen and oxygen atoms in total. The largest absolute Gasteiger partial charge is 0.405 e. The van der Waals surface area contributed by atoms with E-state index in [9.17, 15) is 0 Å². The van der Waals surface area contributed by atoms with Gasteiger partial charge in [-0.25, -0.2) is 0 Å². The second kappa shape index (κ2) is 8.73. The van der Waals surface area contributed by atoms with E-state index in [-0.39, 0.29) is 0 Å². The van der Waals surface area contributed by atoms with Gasteiger partial charge in [0.2, 0.25) is 0 Å². The maximum atomic E-state index is 5.38. The first-order valence-electron chi connectivity index (χ1n) is 5.59. The lowest BCUT2D eigenvalue weighted by molar-refractivity contribution is 0.143. The van der Waals surface area contributed by atoms with Crippen molar-refractivity contribution in [2.45, 2.75) is 13.3 Å². The van der Waals surface area contributed by atoms with Gasteiger partial charge in [0.05, 0.1) is 5.71 Å². The Bertz CT molecular complexity index is 380. The molecule has 4 heteroatoms. The fourth-order valence-electron chi connectivity index (χ4n) is 1.14. The van der Waals surface area contributed by atoms with Crippen LogP contribution in [0.3, 0.4) is 0 Å². The molecule has 0 saturated carbocycles. The highest BCUT2D eigenvalue weighted by atomic mass is 32.1. The Morgan fingerprint density at radius 1 is 1.53 bits per heavy atom. The monoisotopic (exact) mass is 250 g/mol. The first kappa shape index (κ1) is 13.7. The van der Waals surface area contributed by atoms with Crippen molar-refractivity contribution in [3.63, 3.8) is 0 Å². The van der Waals surface area contributed by atoms with E-state index in [1.54, 1.807) is 17.4 Å². The lowest BCUT2D eigenvalue weighted by Crippen LogP contribution is -1.97. The van der Waals surface area contributed by atoms with E-state index in [2.05, 4.69) is 18.0 Å². The molecule has 0 aromatic carbocycles. The lowest BCUT2D eigenvalue weighted by atomic mass is 10.3. The SMILES string of the molecule is CCCOC/N=C(/C=C\N)\C=C\c1cccs1. The fourth-order valence-corrected chi connectivity index (χ4v) is 1.76. The van der Waals surface area contributed by atoms with Crippen LogP contribution in [0.5, 0.6) is 0 Å². The standard InChI is InChI=1S/C13H18N2OS/c1-2-9-16-11-15-12(7-8-14)5-6-13-4-3-10-17-13/h3-8,10H,2,9,11,14H2,1H3/b6-5+,8-7-,15-12+. The van der Waals surface area contributed by atoms with Crippen molar-refractivity contribution in [3.8, 4) is 0 Å². The molecule has 92 valence electrons. The number of nitrogens with zero attached hydrogens (tertiary/aromatic N) is 1. The molecule has 2 N–H and O–H groups in total. The molecule has 0 unspecified atom stereocenters. The average Bonchev–Trinajstić information content (AvgIpc) is 2.84. The number of thiophene rings is 1. The smallest absolute Gasteiger partial charge is 0.138 e. The molecule has 0 aliphatic carbocycles. The Hall–Kier alpha value is -1.39. The maximum Gasteiger partial charge on any atom is 0.138 e. The van der Waals surface area contributed by atoms with Crippen LogP contribution in [-0.4, -0.2) is 19.0 Å². The fraction of sp³-hybridized carbons (Fsp3) is 0.308. The van der Waals surface area contributed by atoms with Gasteiger partial charge in [-0.1, -0.05) is 13.0 Å². The molecule has 0 amide bonds. The Balaban J connectivity index is 2.53. The third-order valence-electron chi connectivity index (χ3n) is 1.92. The zero-order valence-corrected chi connectivity index (χ0v) is 10.8. The summed E-state index contributed by atoms with van der Waals surface area (Å²) in [5, 5.41) is 2.04. The third kappa shape index (κ3) is 6.04. The second-order valence-electron chi connectivity index (χ2n) is 3.33. The van der Waals surface area contributed by atoms with Crippen LogP contribution >= 0.6 is 11.3 Å². The Morgan fingerprint density at radius 3 is 3.06 bits per heavy atom. The summed E-state index contributed by atoms with van der Waals surface area (Å²) in [6.07, 6.45) is 8.20. The average molecular weight is 250 g/mol. The van der Waals surface area contributed by atoms with Crippen LogP contribution in [0.1, 0.15) is 18.2 Å². The van der Waals surface area contributed by atoms with Gasteiger partial charge in [0.25, 0.3) is 0 Å². The van der Waals surface area contributed by atoms with Gasteiger partial charge in [0.1, 0.15) is 6.73 Å². The molecular weight excluding hydrogens is 232 g/mol. The first-order chi connectivity index (χ1) is 8.36. The summed E-state index contributed by atoms with van der Waals surface area (Å²) in [6.45, 7) is 3.18. The summed E-state index contributed by atoms with van der Waals surface area (Å²) in [7, 11) is 0. The minimum atomic E-state index is 0.377. The molecule has 1 heterocycles. The van der Waals surface area contributed by atoms with Gasteiger partial charge in [-0.15, -0.1) is 11.3 Å². The number of ether oxygens (including phenoxy) is 1. The van der Waals surface area contributed by atoms with Gasteiger partial charge in [0.15, 0.2) is 0 Å². The van der Waals surface area contributed by atoms with Crippen molar-refractivity contribution in [3.05, 3.63) is 40.7 Å². The summed E-state index contributed by atoms with van der Waals surface area (Å²) in [5.74, 6) is 0. The van der Waals surface area contributed by atoms with Crippen molar-refractivity contribution in [2.24, 2.45) is 10.7 Å². The van der Waals surface area contributed by atoms with Crippen LogP contribution in [-0.2, 0) is 4.74 Å². The third-order valence-corrected chi connectivity index (χ3v) is 2.75. The van der Waals surface area contributed by atoms with E-state index >= 15 is 0 Å². The van der Waals surface area contributed by atoms with Crippen LogP contribution in [0.25, 0.3) is 6.08 Å². The molecule has 0 radical (unpaired) electrons. The molecule has 0 bridgehead atoms. The predicted octanol–water partition coefficient (Wildman–Crippen LogP) is 3.06. The van der Waals surface area contributed by atoms with Crippen molar-refractivity contribution in [1.29, 1.82) is 0 Å². The van der Waals surface area contributed by atoms with E-state index in [0.717, 1.165) is 18.7 Å². The molecule has 0 aliphatic heterocycles. The molecule has 0 aliphatic rings. The van der Waals surface area contributed by atoms with E-state index in [4.69, 9.17) is 10.5 Å². The Morgan fingerprint density at radius 2 is 2.41 bits per heavy atom. The number of rotatable bonds is 7. The van der Waals surface area contributed by atoms with Crippen LogP contribution < -0.4 is 5.73 Å². The quantitative estimate of drug-likeness (QED) is 0.597. The number of nitrogens with two attached hydrogens (primary N) is 1. The molecule has 1 aromatic heterocycles.